The monoisotopic (exact) mass is 263 g/mol. The van der Waals surface area contributed by atoms with Gasteiger partial charge >= 0.3 is 0 Å². The first kappa shape index (κ1) is 12.8. The molecule has 0 saturated carbocycles. The highest BCUT2D eigenvalue weighted by atomic mass is 35.5. The highest BCUT2D eigenvalue weighted by Crippen LogP contribution is 2.30. The van der Waals surface area contributed by atoms with E-state index < -0.39 is 11.7 Å². The maximum Gasteiger partial charge on any atom is 0.299 e. The van der Waals surface area contributed by atoms with E-state index in [0.717, 1.165) is 17.6 Å². The van der Waals surface area contributed by atoms with Gasteiger partial charge in [-0.15, -0.1) is 0 Å². The smallest absolute Gasteiger partial charge is 0.299 e. The molecule has 0 spiro atoms. The number of fused-ring (bicyclic) bond motifs is 1. The summed E-state index contributed by atoms with van der Waals surface area (Å²) in [7, 11) is 0. The average Bonchev–Trinajstić information content (AvgIpc) is 2.63. The molecule has 0 unspecified atom stereocenters. The summed E-state index contributed by atoms with van der Waals surface area (Å²) in [4.78, 5) is 25.3. The van der Waals surface area contributed by atoms with Gasteiger partial charge in [0.05, 0.1) is 11.3 Å². The number of anilines is 1. The van der Waals surface area contributed by atoms with Gasteiger partial charge in [0.25, 0.3) is 11.7 Å². The van der Waals surface area contributed by atoms with Crippen LogP contribution in [0.4, 0.5) is 5.69 Å². The van der Waals surface area contributed by atoms with E-state index in [-0.39, 0.29) is 0 Å². The van der Waals surface area contributed by atoms with E-state index in [9.17, 15) is 9.59 Å². The number of hydrogen-bond acceptors (Lipinski definition) is 2. The predicted octanol–water partition coefficient (Wildman–Crippen LogP) is 2.92. The van der Waals surface area contributed by atoms with Crippen LogP contribution in [0.5, 0.6) is 0 Å². The number of amides is 1. The Hall–Kier alpha value is -1.61. The zero-order valence-corrected chi connectivity index (χ0v) is 11.1. The van der Waals surface area contributed by atoms with Crippen LogP contribution < -0.4 is 4.90 Å². The Bertz CT molecular complexity index is 549. The Balaban J connectivity index is 2.43. The summed E-state index contributed by atoms with van der Waals surface area (Å²) in [6, 6.07) is 5.57. The van der Waals surface area contributed by atoms with Crippen molar-refractivity contribution in [2.45, 2.75) is 20.3 Å². The standard InChI is InChI=1S/C14H14ClNO2/c1-3-10-4-5-12-11(6-10)13(17)14(18)16(12)8-9(2)7-15/h4-7H,3,8H2,1-2H3/b9-7+. The van der Waals surface area contributed by atoms with Crippen molar-refractivity contribution in [3.05, 3.63) is 40.4 Å². The maximum absolute atomic E-state index is 11.9. The van der Waals surface area contributed by atoms with Gasteiger partial charge in [-0.1, -0.05) is 24.6 Å². The summed E-state index contributed by atoms with van der Waals surface area (Å²) in [5, 5.41) is 0. The van der Waals surface area contributed by atoms with Crippen LogP contribution in [0.1, 0.15) is 29.8 Å². The molecular weight excluding hydrogens is 250 g/mol. The number of rotatable bonds is 3. The van der Waals surface area contributed by atoms with E-state index in [0.29, 0.717) is 17.8 Å². The van der Waals surface area contributed by atoms with Gasteiger partial charge in [-0.3, -0.25) is 9.59 Å². The number of nitrogens with zero attached hydrogens (tertiary/aromatic N) is 1. The molecule has 1 heterocycles. The number of carbonyl (C=O) groups excluding carboxylic acids is 2. The molecule has 1 amide bonds. The van der Waals surface area contributed by atoms with Crippen LogP contribution in [0.3, 0.4) is 0 Å². The SMILES string of the molecule is CCc1ccc2c(c1)C(=O)C(=O)N2C/C(C)=C/Cl. The zero-order valence-electron chi connectivity index (χ0n) is 10.4. The molecule has 0 bridgehead atoms. The first-order chi connectivity index (χ1) is 8.58. The van der Waals surface area contributed by atoms with Crippen molar-refractivity contribution in [1.29, 1.82) is 0 Å². The Morgan fingerprint density at radius 1 is 1.39 bits per heavy atom. The Labute approximate surface area is 111 Å². The summed E-state index contributed by atoms with van der Waals surface area (Å²) in [6.07, 6.45) is 0.843. The fourth-order valence-electron chi connectivity index (χ4n) is 2.01. The summed E-state index contributed by atoms with van der Waals surface area (Å²) < 4.78 is 0. The van der Waals surface area contributed by atoms with E-state index in [2.05, 4.69) is 0 Å². The van der Waals surface area contributed by atoms with Gasteiger partial charge in [0.1, 0.15) is 0 Å². The van der Waals surface area contributed by atoms with E-state index in [1.807, 2.05) is 26.0 Å². The van der Waals surface area contributed by atoms with Crippen molar-refractivity contribution < 1.29 is 9.59 Å². The van der Waals surface area contributed by atoms with E-state index in [1.165, 1.54) is 10.4 Å². The molecule has 3 nitrogen and oxygen atoms in total. The number of benzene rings is 1. The molecule has 94 valence electrons. The van der Waals surface area contributed by atoms with E-state index in [4.69, 9.17) is 11.6 Å². The predicted molar refractivity (Wildman–Crippen MR) is 72.1 cm³/mol. The molecule has 1 aromatic rings. The fraction of sp³-hybridized carbons (Fsp3) is 0.286. The van der Waals surface area contributed by atoms with Crippen molar-refractivity contribution >= 4 is 29.0 Å². The van der Waals surface area contributed by atoms with Gasteiger partial charge < -0.3 is 4.90 Å². The van der Waals surface area contributed by atoms with Crippen LogP contribution in [0.15, 0.2) is 29.3 Å². The van der Waals surface area contributed by atoms with Crippen LogP contribution in [-0.2, 0) is 11.2 Å². The third-order valence-corrected chi connectivity index (χ3v) is 3.41. The van der Waals surface area contributed by atoms with E-state index >= 15 is 0 Å². The molecule has 4 heteroatoms. The van der Waals surface area contributed by atoms with Crippen LogP contribution in [0.2, 0.25) is 0 Å². The Morgan fingerprint density at radius 2 is 2.11 bits per heavy atom. The lowest BCUT2D eigenvalue weighted by Gasteiger charge is -2.16. The van der Waals surface area contributed by atoms with Crippen molar-refractivity contribution in [2.75, 3.05) is 11.4 Å². The number of Topliss-reactive ketones (excluding diaryl/α,β-unsaturated/α-hetero) is 1. The molecule has 1 aliphatic heterocycles. The molecule has 2 rings (SSSR count). The lowest BCUT2D eigenvalue weighted by atomic mass is 10.1. The first-order valence-corrected chi connectivity index (χ1v) is 6.27. The zero-order chi connectivity index (χ0) is 13.3. The van der Waals surface area contributed by atoms with Crippen molar-refractivity contribution in [2.24, 2.45) is 0 Å². The topological polar surface area (TPSA) is 37.4 Å². The first-order valence-electron chi connectivity index (χ1n) is 5.83. The van der Waals surface area contributed by atoms with Gasteiger partial charge in [0.15, 0.2) is 0 Å². The minimum absolute atomic E-state index is 0.354. The number of halogens is 1. The lowest BCUT2D eigenvalue weighted by molar-refractivity contribution is -0.114. The normalized spacial score (nSPS) is 15.3. The minimum Gasteiger partial charge on any atom is -0.301 e. The third-order valence-electron chi connectivity index (χ3n) is 3.04. The number of ketones is 1. The fourth-order valence-corrected chi connectivity index (χ4v) is 2.08. The molecule has 0 aromatic heterocycles. The molecule has 0 N–H and O–H groups in total. The molecule has 1 aliphatic rings. The van der Waals surface area contributed by atoms with Gasteiger partial charge in [-0.25, -0.2) is 0 Å². The van der Waals surface area contributed by atoms with Crippen molar-refractivity contribution in [1.82, 2.24) is 0 Å². The van der Waals surface area contributed by atoms with Gasteiger partial charge in [0.2, 0.25) is 0 Å². The molecule has 0 saturated heterocycles. The van der Waals surface area contributed by atoms with Gasteiger partial charge in [0, 0.05) is 12.1 Å². The second kappa shape index (κ2) is 4.94. The molecule has 0 atom stereocenters. The summed E-state index contributed by atoms with van der Waals surface area (Å²) in [5.74, 6) is -0.904. The molecular formula is C14H14ClNO2. The summed E-state index contributed by atoms with van der Waals surface area (Å²) >= 11 is 5.60. The van der Waals surface area contributed by atoms with Crippen molar-refractivity contribution in [3.8, 4) is 0 Å². The van der Waals surface area contributed by atoms with Crippen LogP contribution in [0.25, 0.3) is 0 Å². The summed E-state index contributed by atoms with van der Waals surface area (Å²) in [6.45, 7) is 4.19. The molecule has 18 heavy (non-hydrogen) atoms. The van der Waals surface area contributed by atoms with Gasteiger partial charge in [-0.2, -0.15) is 0 Å². The highest BCUT2D eigenvalue weighted by Gasteiger charge is 2.35. The van der Waals surface area contributed by atoms with Crippen LogP contribution in [0, 0.1) is 0 Å². The van der Waals surface area contributed by atoms with Crippen LogP contribution in [-0.4, -0.2) is 18.2 Å². The number of carbonyl (C=O) groups is 2. The van der Waals surface area contributed by atoms with E-state index in [1.54, 1.807) is 6.07 Å². The highest BCUT2D eigenvalue weighted by molar-refractivity contribution is 6.52. The Kier molecular flexibility index (Phi) is 3.53. The maximum atomic E-state index is 11.9. The molecule has 0 fully saturated rings. The third kappa shape index (κ3) is 2.06. The quantitative estimate of drug-likeness (QED) is 0.787. The second-order valence-electron chi connectivity index (χ2n) is 4.38. The molecule has 1 aromatic carbocycles. The second-order valence-corrected chi connectivity index (χ2v) is 4.60. The summed E-state index contributed by atoms with van der Waals surface area (Å²) in [5.41, 5.74) is 4.50. The molecule has 0 radical (unpaired) electrons. The Morgan fingerprint density at radius 3 is 2.72 bits per heavy atom. The minimum atomic E-state index is -0.476. The molecule has 0 aliphatic carbocycles. The number of aryl methyl sites for hydroxylation is 1. The number of hydrogen-bond donors (Lipinski definition) is 0. The average molecular weight is 264 g/mol. The lowest BCUT2D eigenvalue weighted by Crippen LogP contribution is -2.31. The largest absolute Gasteiger partial charge is 0.301 e. The van der Waals surface area contributed by atoms with Gasteiger partial charge in [-0.05, 0) is 36.6 Å². The van der Waals surface area contributed by atoms with Crippen LogP contribution >= 0.6 is 11.6 Å². The van der Waals surface area contributed by atoms with Crippen molar-refractivity contribution in [3.63, 3.8) is 0 Å².